The van der Waals surface area contributed by atoms with E-state index < -0.39 is 15.9 Å². The van der Waals surface area contributed by atoms with E-state index in [-0.39, 0.29) is 22.8 Å². The lowest BCUT2D eigenvalue weighted by Crippen LogP contribution is -2.41. The van der Waals surface area contributed by atoms with E-state index in [9.17, 15) is 18.0 Å². The molecule has 124 valence electrons. The third-order valence-corrected chi connectivity index (χ3v) is 4.91. The van der Waals surface area contributed by atoms with Crippen LogP contribution in [0.2, 0.25) is 5.02 Å². The van der Waals surface area contributed by atoms with Crippen LogP contribution in [0.5, 0.6) is 0 Å². The third kappa shape index (κ3) is 3.40. The molecule has 3 rings (SSSR count). The van der Waals surface area contributed by atoms with Gasteiger partial charge in [0.05, 0.1) is 11.3 Å². The van der Waals surface area contributed by atoms with E-state index in [0.717, 1.165) is 0 Å². The molecule has 3 N–H and O–H groups in total. The summed E-state index contributed by atoms with van der Waals surface area (Å²) in [5.41, 5.74) is 3.56. The summed E-state index contributed by atoms with van der Waals surface area (Å²) < 4.78 is 24.5. The largest absolute Gasteiger partial charge is 0.326 e. The second-order valence-corrected chi connectivity index (χ2v) is 7.23. The molecule has 1 aliphatic rings. The Hall–Kier alpha value is -2.42. The zero-order chi connectivity index (χ0) is 17.3. The van der Waals surface area contributed by atoms with Gasteiger partial charge in [-0.3, -0.25) is 15.0 Å². The van der Waals surface area contributed by atoms with E-state index in [1.165, 1.54) is 42.5 Å². The van der Waals surface area contributed by atoms with Crippen molar-refractivity contribution in [3.8, 4) is 0 Å². The van der Waals surface area contributed by atoms with Crippen molar-refractivity contribution in [2.75, 3.05) is 5.32 Å². The SMILES string of the molecule is O=C1Cc2cc(S(=O)(=O)NNC(=O)c3ccc(Cl)cc3)ccc2N1. The number of anilines is 1. The lowest BCUT2D eigenvalue weighted by molar-refractivity contribution is -0.115. The fourth-order valence-corrected chi connectivity index (χ4v) is 3.23. The highest BCUT2D eigenvalue weighted by Crippen LogP contribution is 2.25. The molecule has 24 heavy (non-hydrogen) atoms. The highest BCUT2D eigenvalue weighted by Gasteiger charge is 2.22. The molecule has 0 spiro atoms. The molecular weight excluding hydrogens is 354 g/mol. The van der Waals surface area contributed by atoms with Gasteiger partial charge >= 0.3 is 0 Å². The summed E-state index contributed by atoms with van der Waals surface area (Å²) in [4.78, 5) is 25.2. The van der Waals surface area contributed by atoms with Crippen molar-refractivity contribution >= 4 is 39.1 Å². The standard InChI is InChI=1S/C15H12ClN3O4S/c16-11-3-1-9(2-4-11)15(21)18-19-24(22,23)12-5-6-13-10(7-12)8-14(20)17-13/h1-7,19H,8H2,(H,17,20)(H,18,21). The molecule has 0 saturated heterocycles. The van der Waals surface area contributed by atoms with Crippen LogP contribution in [0, 0.1) is 0 Å². The summed E-state index contributed by atoms with van der Waals surface area (Å²) in [5, 5.41) is 3.08. The number of carbonyl (C=O) groups excluding carboxylic acids is 2. The van der Waals surface area contributed by atoms with Gasteiger partial charge in [-0.15, -0.1) is 4.83 Å². The van der Waals surface area contributed by atoms with Gasteiger partial charge in [-0.1, -0.05) is 11.6 Å². The number of fused-ring (bicyclic) bond motifs is 1. The van der Waals surface area contributed by atoms with E-state index in [4.69, 9.17) is 11.6 Å². The second-order valence-electron chi connectivity index (χ2n) is 5.11. The summed E-state index contributed by atoms with van der Waals surface area (Å²) in [5.74, 6) is -0.809. The fraction of sp³-hybridized carbons (Fsp3) is 0.0667. The molecule has 0 saturated carbocycles. The lowest BCUT2D eigenvalue weighted by Gasteiger charge is -2.09. The highest BCUT2D eigenvalue weighted by molar-refractivity contribution is 7.89. The number of sulfonamides is 1. The number of hydrazine groups is 1. The number of benzene rings is 2. The first-order valence-electron chi connectivity index (χ1n) is 6.86. The minimum absolute atomic E-state index is 0.0471. The predicted molar refractivity (Wildman–Crippen MR) is 88.0 cm³/mol. The summed E-state index contributed by atoms with van der Waals surface area (Å²) >= 11 is 5.73. The first-order valence-corrected chi connectivity index (χ1v) is 8.72. The molecular formula is C15H12ClN3O4S. The molecule has 0 fully saturated rings. The maximum absolute atomic E-state index is 12.3. The summed E-state index contributed by atoms with van der Waals surface area (Å²) in [6, 6.07) is 10.2. The minimum atomic E-state index is -3.96. The van der Waals surface area contributed by atoms with Crippen LogP contribution < -0.4 is 15.6 Å². The Balaban J connectivity index is 1.72. The van der Waals surface area contributed by atoms with Crippen LogP contribution in [0.25, 0.3) is 0 Å². The maximum atomic E-state index is 12.3. The Labute approximate surface area is 143 Å². The van der Waals surface area contributed by atoms with Gasteiger partial charge < -0.3 is 5.32 Å². The van der Waals surface area contributed by atoms with Crippen molar-refractivity contribution < 1.29 is 18.0 Å². The van der Waals surface area contributed by atoms with Crippen LogP contribution in [0.1, 0.15) is 15.9 Å². The minimum Gasteiger partial charge on any atom is -0.326 e. The van der Waals surface area contributed by atoms with Crippen LogP contribution in [-0.4, -0.2) is 20.2 Å². The molecule has 0 aliphatic carbocycles. The van der Waals surface area contributed by atoms with Crippen LogP contribution in [0.15, 0.2) is 47.4 Å². The monoisotopic (exact) mass is 365 g/mol. The molecule has 7 nitrogen and oxygen atoms in total. The molecule has 0 bridgehead atoms. The number of carbonyl (C=O) groups is 2. The molecule has 2 amide bonds. The number of halogens is 1. The first-order chi connectivity index (χ1) is 11.3. The van der Waals surface area contributed by atoms with Gasteiger partial charge in [-0.2, -0.15) is 0 Å². The van der Waals surface area contributed by atoms with Gasteiger partial charge in [-0.25, -0.2) is 8.42 Å². The molecule has 1 aliphatic heterocycles. The Morgan fingerprint density at radius 1 is 1.12 bits per heavy atom. The predicted octanol–water partition coefficient (Wildman–Crippen LogP) is 1.46. The topological polar surface area (TPSA) is 104 Å². The van der Waals surface area contributed by atoms with E-state index in [0.29, 0.717) is 16.3 Å². The maximum Gasteiger partial charge on any atom is 0.266 e. The number of hydrogen-bond acceptors (Lipinski definition) is 4. The molecule has 0 atom stereocenters. The average Bonchev–Trinajstić information content (AvgIpc) is 2.92. The quantitative estimate of drug-likeness (QED) is 0.713. The Bertz CT molecular complexity index is 926. The normalized spacial score (nSPS) is 13.3. The van der Waals surface area contributed by atoms with Crippen LogP contribution in [0.3, 0.4) is 0 Å². The van der Waals surface area contributed by atoms with Gasteiger partial charge in [-0.05, 0) is 48.0 Å². The smallest absolute Gasteiger partial charge is 0.266 e. The van der Waals surface area contributed by atoms with Gasteiger partial charge in [0.1, 0.15) is 0 Å². The van der Waals surface area contributed by atoms with Gasteiger partial charge in [0.25, 0.3) is 15.9 Å². The molecule has 0 aromatic heterocycles. The second kappa shape index (κ2) is 6.23. The highest BCUT2D eigenvalue weighted by atomic mass is 35.5. The van der Waals surface area contributed by atoms with Gasteiger partial charge in [0.15, 0.2) is 0 Å². The zero-order valence-corrected chi connectivity index (χ0v) is 13.7. The van der Waals surface area contributed by atoms with Crippen LogP contribution >= 0.6 is 11.6 Å². The average molecular weight is 366 g/mol. The summed E-state index contributed by atoms with van der Waals surface area (Å²) in [6.07, 6.45) is 0.121. The number of hydrogen-bond donors (Lipinski definition) is 3. The van der Waals surface area contributed by atoms with Crippen molar-refractivity contribution in [1.82, 2.24) is 10.3 Å². The summed E-state index contributed by atoms with van der Waals surface area (Å²) in [7, 11) is -3.96. The van der Waals surface area contributed by atoms with Crippen molar-refractivity contribution in [1.29, 1.82) is 0 Å². The molecule has 2 aromatic carbocycles. The van der Waals surface area contributed by atoms with Crippen LogP contribution in [0.4, 0.5) is 5.69 Å². The molecule has 0 unspecified atom stereocenters. The van der Waals surface area contributed by atoms with E-state index in [1.807, 2.05) is 4.83 Å². The van der Waals surface area contributed by atoms with Gasteiger partial charge in [0.2, 0.25) is 5.91 Å². The zero-order valence-electron chi connectivity index (χ0n) is 12.2. The molecule has 0 radical (unpaired) electrons. The molecule has 2 aromatic rings. The summed E-state index contributed by atoms with van der Waals surface area (Å²) in [6.45, 7) is 0. The third-order valence-electron chi connectivity index (χ3n) is 3.42. The lowest BCUT2D eigenvalue weighted by atomic mass is 10.2. The van der Waals surface area contributed by atoms with Crippen molar-refractivity contribution in [3.05, 3.63) is 58.6 Å². The van der Waals surface area contributed by atoms with Crippen molar-refractivity contribution in [3.63, 3.8) is 0 Å². The number of rotatable bonds is 4. The number of nitrogens with one attached hydrogen (secondary N) is 3. The molecule has 1 heterocycles. The van der Waals surface area contributed by atoms with E-state index >= 15 is 0 Å². The van der Waals surface area contributed by atoms with Crippen molar-refractivity contribution in [2.45, 2.75) is 11.3 Å². The van der Waals surface area contributed by atoms with E-state index in [2.05, 4.69) is 10.7 Å². The van der Waals surface area contributed by atoms with Crippen molar-refractivity contribution in [2.24, 2.45) is 0 Å². The number of amides is 2. The Morgan fingerprint density at radius 2 is 1.83 bits per heavy atom. The van der Waals surface area contributed by atoms with Crippen LogP contribution in [-0.2, 0) is 21.2 Å². The fourth-order valence-electron chi connectivity index (χ4n) is 2.22. The van der Waals surface area contributed by atoms with E-state index in [1.54, 1.807) is 0 Å². The Kier molecular flexibility index (Phi) is 4.27. The van der Waals surface area contributed by atoms with Gasteiger partial charge in [0, 0.05) is 16.3 Å². The Morgan fingerprint density at radius 3 is 2.54 bits per heavy atom. The first kappa shape index (κ1) is 16.4. The molecule has 9 heteroatoms.